The zero-order valence-electron chi connectivity index (χ0n) is 25.5. The van der Waals surface area contributed by atoms with Gasteiger partial charge in [0.1, 0.15) is 0 Å². The lowest BCUT2D eigenvalue weighted by atomic mass is 10.0. The van der Waals surface area contributed by atoms with Gasteiger partial charge in [0.05, 0.1) is 11.0 Å². The molecule has 2 unspecified atom stereocenters. The van der Waals surface area contributed by atoms with Crippen LogP contribution in [0.2, 0.25) is 5.04 Å². The topological polar surface area (TPSA) is 4.93 Å². The summed E-state index contributed by atoms with van der Waals surface area (Å²) in [7, 11) is -2.80. The van der Waals surface area contributed by atoms with Gasteiger partial charge in [-0.25, -0.2) is 0 Å². The Balaban J connectivity index is 1.52. The normalized spacial score (nSPS) is 17.4. The van der Waals surface area contributed by atoms with Gasteiger partial charge in [0.25, 0.3) is 0 Å². The first kappa shape index (κ1) is 27.4. The molecule has 0 amide bonds. The van der Waals surface area contributed by atoms with E-state index in [1.807, 2.05) is 0 Å². The van der Waals surface area contributed by atoms with Gasteiger partial charge in [-0.05, 0) is 62.4 Å². The molecule has 1 heterocycles. The van der Waals surface area contributed by atoms with Gasteiger partial charge < -0.3 is 4.57 Å². The highest BCUT2D eigenvalue weighted by molar-refractivity contribution is 7.14. The van der Waals surface area contributed by atoms with Crippen molar-refractivity contribution in [2.24, 2.45) is 0 Å². The second-order valence-electron chi connectivity index (χ2n) is 12.4. The van der Waals surface area contributed by atoms with Crippen molar-refractivity contribution in [1.82, 2.24) is 4.57 Å². The van der Waals surface area contributed by atoms with Crippen molar-refractivity contribution < 1.29 is 0 Å². The molecule has 7 aromatic rings. The molecule has 1 aromatic heterocycles. The van der Waals surface area contributed by atoms with E-state index >= 15 is 0 Å². The van der Waals surface area contributed by atoms with Gasteiger partial charge >= 0.3 is 0 Å². The summed E-state index contributed by atoms with van der Waals surface area (Å²) in [5, 5.41) is 6.80. The molecule has 0 fully saturated rings. The number of allylic oxidation sites excluding steroid dienone is 4. The van der Waals surface area contributed by atoms with Gasteiger partial charge in [-0.3, -0.25) is 0 Å². The summed E-state index contributed by atoms with van der Waals surface area (Å²) in [5.41, 5.74) is 6.25. The second-order valence-corrected chi connectivity index (χ2v) is 16.7. The molecule has 6 aromatic carbocycles. The van der Waals surface area contributed by atoms with Crippen LogP contribution in [-0.2, 0) is 0 Å². The molecule has 2 atom stereocenters. The second kappa shape index (κ2) is 11.1. The predicted molar refractivity (Wildman–Crippen MR) is 195 cm³/mol. The average Bonchev–Trinajstić information content (AvgIpc) is 3.44. The van der Waals surface area contributed by atoms with E-state index in [0.717, 1.165) is 6.42 Å². The fourth-order valence-electron chi connectivity index (χ4n) is 7.88. The minimum Gasteiger partial charge on any atom is -0.309 e. The molecule has 216 valence electrons. The number of benzene rings is 6. The third-order valence-corrected chi connectivity index (χ3v) is 15.6. The Morgan fingerprint density at radius 1 is 0.556 bits per heavy atom. The highest BCUT2D eigenvalue weighted by Crippen LogP contribution is 2.46. The Hall–Kier alpha value is -5.18. The molecule has 45 heavy (non-hydrogen) atoms. The summed E-state index contributed by atoms with van der Waals surface area (Å²) in [4.78, 5) is 0. The fourth-order valence-corrected chi connectivity index (χ4v) is 13.9. The van der Waals surface area contributed by atoms with Crippen molar-refractivity contribution in [3.8, 4) is 16.8 Å². The molecular formula is C43H35NSi. The van der Waals surface area contributed by atoms with Crippen molar-refractivity contribution in [2.75, 3.05) is 0 Å². The first-order valence-corrected chi connectivity index (χ1v) is 17.8. The summed E-state index contributed by atoms with van der Waals surface area (Å²) in [6.45, 7) is 2.51. The van der Waals surface area contributed by atoms with Crippen LogP contribution < -0.4 is 15.6 Å². The van der Waals surface area contributed by atoms with Gasteiger partial charge in [-0.1, -0.05) is 165 Å². The van der Waals surface area contributed by atoms with E-state index < -0.39 is 8.07 Å². The highest BCUT2D eigenvalue weighted by Gasteiger charge is 2.53. The lowest BCUT2D eigenvalue weighted by Crippen LogP contribution is -2.73. The lowest BCUT2D eigenvalue weighted by Gasteiger charge is -2.48. The van der Waals surface area contributed by atoms with Crippen LogP contribution in [0, 0.1) is 0 Å². The third-order valence-electron chi connectivity index (χ3n) is 9.85. The van der Waals surface area contributed by atoms with E-state index in [1.54, 1.807) is 0 Å². The zero-order valence-corrected chi connectivity index (χ0v) is 26.5. The number of hydrogen-bond donors (Lipinski definition) is 0. The molecule has 1 aliphatic carbocycles. The maximum Gasteiger partial charge on any atom is 0.158 e. The fraction of sp³-hybridized carbons (Fsp3) is 0.0698. The molecule has 8 rings (SSSR count). The van der Waals surface area contributed by atoms with Crippen LogP contribution in [0.25, 0.3) is 38.6 Å². The summed E-state index contributed by atoms with van der Waals surface area (Å²) in [5.74, 6) is 0. The molecule has 2 heteroatoms. The predicted octanol–water partition coefficient (Wildman–Crippen LogP) is 9.20. The standard InChI is InChI=1S/C43H35NSi/c1-43(30-16-5-17-31-43)45(35-22-10-4-11-23-35,42-27-15-13-24-37(42)33-18-6-2-7-19-33)36-28-29-41-39(32-36)38-25-12-14-26-40(38)44(41)34-20-8-3-9-21-34/h2-30,32H,31H2,1H3. The van der Waals surface area contributed by atoms with Gasteiger partial charge in [0, 0.05) is 16.5 Å². The molecule has 0 N–H and O–H groups in total. The Labute approximate surface area is 266 Å². The number of hydrogen-bond acceptors (Lipinski definition) is 0. The summed E-state index contributed by atoms with van der Waals surface area (Å²) in [6.07, 6.45) is 10.4. The molecule has 0 bridgehead atoms. The highest BCUT2D eigenvalue weighted by atomic mass is 28.3. The molecule has 0 aliphatic heterocycles. The monoisotopic (exact) mass is 593 g/mol. The minimum atomic E-state index is -2.80. The lowest BCUT2D eigenvalue weighted by molar-refractivity contribution is 0.739. The Kier molecular flexibility index (Phi) is 6.73. The van der Waals surface area contributed by atoms with Crippen molar-refractivity contribution in [3.05, 3.63) is 182 Å². The van der Waals surface area contributed by atoms with Crippen LogP contribution in [0.4, 0.5) is 0 Å². The number of aromatic nitrogens is 1. The number of fused-ring (bicyclic) bond motifs is 3. The molecule has 0 saturated carbocycles. The van der Waals surface area contributed by atoms with Gasteiger partial charge in [-0.15, -0.1) is 0 Å². The van der Waals surface area contributed by atoms with Crippen LogP contribution in [0.15, 0.2) is 182 Å². The Morgan fingerprint density at radius 3 is 1.96 bits per heavy atom. The van der Waals surface area contributed by atoms with Gasteiger partial charge in [0.2, 0.25) is 0 Å². The molecule has 1 aliphatic rings. The van der Waals surface area contributed by atoms with Crippen molar-refractivity contribution in [2.45, 2.75) is 18.4 Å². The first-order valence-electron chi connectivity index (χ1n) is 15.8. The van der Waals surface area contributed by atoms with Gasteiger partial charge in [-0.2, -0.15) is 0 Å². The summed E-state index contributed by atoms with van der Waals surface area (Å²) in [6, 6.07) is 58.6. The maximum absolute atomic E-state index is 2.80. The maximum atomic E-state index is 2.55. The van der Waals surface area contributed by atoms with E-state index in [1.165, 1.54) is 54.2 Å². The van der Waals surface area contributed by atoms with Crippen molar-refractivity contribution in [3.63, 3.8) is 0 Å². The van der Waals surface area contributed by atoms with E-state index in [-0.39, 0.29) is 5.04 Å². The molecule has 1 nitrogen and oxygen atoms in total. The van der Waals surface area contributed by atoms with E-state index in [0.29, 0.717) is 0 Å². The SMILES string of the molecule is CC1([Si](c2ccccc2)(c2ccc3c(c2)c2ccccc2n3-c2ccccc2)c2ccccc2-c2ccccc2)C=CC=CC1. The first-order chi connectivity index (χ1) is 22.2. The van der Waals surface area contributed by atoms with Crippen molar-refractivity contribution in [1.29, 1.82) is 0 Å². The van der Waals surface area contributed by atoms with Crippen LogP contribution in [0.1, 0.15) is 13.3 Å². The smallest absolute Gasteiger partial charge is 0.158 e. The zero-order chi connectivity index (χ0) is 30.3. The van der Waals surface area contributed by atoms with E-state index in [4.69, 9.17) is 0 Å². The van der Waals surface area contributed by atoms with Gasteiger partial charge in [0.15, 0.2) is 8.07 Å². The van der Waals surface area contributed by atoms with Crippen LogP contribution in [0.5, 0.6) is 0 Å². The Bertz CT molecular complexity index is 2190. The Morgan fingerprint density at radius 2 is 1.20 bits per heavy atom. The van der Waals surface area contributed by atoms with Crippen LogP contribution >= 0.6 is 0 Å². The number of rotatable bonds is 6. The minimum absolute atomic E-state index is 0.112. The molecular weight excluding hydrogens is 559 g/mol. The van der Waals surface area contributed by atoms with E-state index in [9.17, 15) is 0 Å². The quantitative estimate of drug-likeness (QED) is 0.134. The largest absolute Gasteiger partial charge is 0.309 e. The van der Waals surface area contributed by atoms with Crippen LogP contribution in [-0.4, -0.2) is 12.6 Å². The van der Waals surface area contributed by atoms with Crippen LogP contribution in [0.3, 0.4) is 0 Å². The average molecular weight is 594 g/mol. The van der Waals surface area contributed by atoms with Crippen molar-refractivity contribution >= 4 is 45.4 Å². The molecule has 0 spiro atoms. The molecule has 0 radical (unpaired) electrons. The molecule has 0 saturated heterocycles. The van der Waals surface area contributed by atoms with E-state index in [2.05, 4.69) is 194 Å². The number of nitrogens with zero attached hydrogens (tertiary/aromatic N) is 1. The number of para-hydroxylation sites is 2. The third kappa shape index (κ3) is 4.28. The summed E-state index contributed by atoms with van der Waals surface area (Å²) < 4.78 is 2.42. The summed E-state index contributed by atoms with van der Waals surface area (Å²) >= 11 is 0.